The zero-order valence-corrected chi connectivity index (χ0v) is 17.5. The van der Waals surface area contributed by atoms with Crippen molar-refractivity contribution in [2.75, 3.05) is 34.3 Å². The van der Waals surface area contributed by atoms with Crippen LogP contribution in [0.25, 0.3) is 11.1 Å². The lowest BCUT2D eigenvalue weighted by atomic mass is 9.99. The fraction of sp³-hybridized carbons (Fsp3) is 0.263. The first-order valence-corrected chi connectivity index (χ1v) is 8.69. The Kier molecular flexibility index (Phi) is 9.06. The molecule has 0 atom stereocenters. The number of nitrogens with one attached hydrogen (secondary N) is 1. The van der Waals surface area contributed by atoms with Crippen LogP contribution in [0, 0.1) is 0 Å². The number of hydrogen-bond donors (Lipinski definition) is 1. The van der Waals surface area contributed by atoms with Gasteiger partial charge in [-0.1, -0.05) is 23.2 Å². The molecule has 0 radical (unpaired) electrons. The number of benzene rings is 2. The predicted octanol–water partition coefficient (Wildman–Crippen LogP) is 4.16. The minimum Gasteiger partial charge on any atom is -0.465 e. The Morgan fingerprint density at radius 2 is 1.74 bits per heavy atom. The second-order valence-corrected chi connectivity index (χ2v) is 6.82. The molecule has 0 heterocycles. The molecule has 0 fully saturated rings. The molecule has 1 amide bonds. The number of nitrogens with zero attached hydrogens (tertiary/aromatic N) is 1. The lowest BCUT2D eigenvalue weighted by Crippen LogP contribution is -2.31. The lowest BCUT2D eigenvalue weighted by Gasteiger charge is -2.13. The van der Waals surface area contributed by atoms with Crippen LogP contribution in [0.5, 0.6) is 0 Å². The van der Waals surface area contributed by atoms with Gasteiger partial charge in [0.25, 0.3) is 5.91 Å². The number of likely N-dealkylation sites (N-methyl/N-ethyl adjacent to an activating group) is 1. The van der Waals surface area contributed by atoms with E-state index in [0.717, 1.165) is 0 Å². The van der Waals surface area contributed by atoms with Gasteiger partial charge in [0.2, 0.25) is 0 Å². The highest BCUT2D eigenvalue weighted by Gasteiger charge is 2.15. The van der Waals surface area contributed by atoms with Gasteiger partial charge < -0.3 is 15.0 Å². The minimum atomic E-state index is -0.535. The van der Waals surface area contributed by atoms with Gasteiger partial charge in [0.15, 0.2) is 0 Å². The van der Waals surface area contributed by atoms with Crippen LogP contribution >= 0.6 is 35.6 Å². The largest absolute Gasteiger partial charge is 0.465 e. The highest BCUT2D eigenvalue weighted by atomic mass is 35.5. The van der Waals surface area contributed by atoms with Gasteiger partial charge in [0.1, 0.15) is 0 Å². The first kappa shape index (κ1) is 23.2. The minimum absolute atomic E-state index is 0. The smallest absolute Gasteiger partial charge is 0.337 e. The van der Waals surface area contributed by atoms with E-state index in [2.05, 4.69) is 5.32 Å². The van der Waals surface area contributed by atoms with Crippen molar-refractivity contribution in [1.82, 2.24) is 10.2 Å². The fourth-order valence-corrected chi connectivity index (χ4v) is 2.76. The van der Waals surface area contributed by atoms with Crippen molar-refractivity contribution in [3.05, 3.63) is 57.6 Å². The van der Waals surface area contributed by atoms with Gasteiger partial charge >= 0.3 is 5.97 Å². The second kappa shape index (κ2) is 10.5. The summed E-state index contributed by atoms with van der Waals surface area (Å²) in [5, 5.41) is 3.80. The molecule has 0 unspecified atom stereocenters. The highest BCUT2D eigenvalue weighted by molar-refractivity contribution is 6.35. The van der Waals surface area contributed by atoms with Crippen LogP contribution in [0.15, 0.2) is 36.4 Å². The third-order valence-corrected chi connectivity index (χ3v) is 4.26. The Morgan fingerprint density at radius 3 is 2.37 bits per heavy atom. The molecule has 2 rings (SSSR count). The molecule has 0 spiro atoms. The molecule has 27 heavy (non-hydrogen) atoms. The summed E-state index contributed by atoms with van der Waals surface area (Å²) in [6.45, 7) is 1.19. The summed E-state index contributed by atoms with van der Waals surface area (Å²) in [5.41, 5.74) is 1.85. The van der Waals surface area contributed by atoms with Crippen LogP contribution in [-0.4, -0.2) is 51.1 Å². The highest BCUT2D eigenvalue weighted by Crippen LogP contribution is 2.32. The molecule has 0 aliphatic heterocycles. The summed E-state index contributed by atoms with van der Waals surface area (Å²) >= 11 is 12.3. The molecule has 2 aromatic rings. The maximum absolute atomic E-state index is 12.5. The van der Waals surface area contributed by atoms with E-state index in [-0.39, 0.29) is 23.9 Å². The number of carbonyl (C=O) groups is 2. The van der Waals surface area contributed by atoms with E-state index >= 15 is 0 Å². The first-order chi connectivity index (χ1) is 12.3. The van der Waals surface area contributed by atoms with Crippen LogP contribution < -0.4 is 5.32 Å². The van der Waals surface area contributed by atoms with Crippen LogP contribution in [0.3, 0.4) is 0 Å². The van der Waals surface area contributed by atoms with E-state index in [0.29, 0.717) is 39.8 Å². The zero-order chi connectivity index (χ0) is 19.3. The van der Waals surface area contributed by atoms with E-state index in [1.165, 1.54) is 13.2 Å². The van der Waals surface area contributed by atoms with Gasteiger partial charge in [-0.05, 0) is 56.1 Å². The lowest BCUT2D eigenvalue weighted by molar-refractivity contribution is 0.0601. The van der Waals surface area contributed by atoms with Gasteiger partial charge in [0.05, 0.1) is 12.7 Å². The maximum Gasteiger partial charge on any atom is 0.337 e. The molecule has 0 saturated carbocycles. The summed E-state index contributed by atoms with van der Waals surface area (Å²) in [7, 11) is 5.13. The van der Waals surface area contributed by atoms with Crippen molar-refractivity contribution < 1.29 is 14.3 Å². The third-order valence-electron chi connectivity index (χ3n) is 3.70. The standard InChI is InChI=1S/C19H20Cl2N2O3.ClH/c1-23(2)7-6-22-18(24)13-8-12(9-14(10-13)19(25)26-3)16-11-15(20)4-5-17(16)21;/h4-5,8-11H,6-7H2,1-3H3,(H,22,24);1H. The number of ether oxygens (including phenoxy) is 1. The Hall–Kier alpha value is -1.79. The molecule has 8 heteroatoms. The average molecular weight is 432 g/mol. The van der Waals surface area contributed by atoms with Gasteiger partial charge in [-0.25, -0.2) is 4.79 Å². The normalized spacial score (nSPS) is 10.3. The number of halogens is 3. The molecule has 0 aromatic heterocycles. The summed E-state index contributed by atoms with van der Waals surface area (Å²) in [4.78, 5) is 26.5. The van der Waals surface area contributed by atoms with Crippen LogP contribution in [0.2, 0.25) is 10.0 Å². The topological polar surface area (TPSA) is 58.6 Å². The Morgan fingerprint density at radius 1 is 1.07 bits per heavy atom. The van der Waals surface area contributed by atoms with E-state index in [9.17, 15) is 9.59 Å². The Bertz CT molecular complexity index is 826. The van der Waals surface area contributed by atoms with Crippen LogP contribution in [0.4, 0.5) is 0 Å². The van der Waals surface area contributed by atoms with Gasteiger partial charge in [0, 0.05) is 34.3 Å². The molecular formula is C19H21Cl3N2O3. The van der Waals surface area contributed by atoms with E-state index < -0.39 is 5.97 Å². The molecular weight excluding hydrogens is 411 g/mol. The molecule has 146 valence electrons. The molecule has 5 nitrogen and oxygen atoms in total. The van der Waals surface area contributed by atoms with Crippen molar-refractivity contribution in [3.63, 3.8) is 0 Å². The summed E-state index contributed by atoms with van der Waals surface area (Å²) in [5.74, 6) is -0.815. The molecule has 2 aromatic carbocycles. The number of rotatable bonds is 6. The van der Waals surface area contributed by atoms with Crippen molar-refractivity contribution in [2.24, 2.45) is 0 Å². The van der Waals surface area contributed by atoms with Gasteiger partial charge in [-0.15, -0.1) is 12.4 Å². The number of hydrogen-bond acceptors (Lipinski definition) is 4. The number of esters is 1. The molecule has 0 aliphatic carbocycles. The van der Waals surface area contributed by atoms with E-state index in [4.69, 9.17) is 27.9 Å². The van der Waals surface area contributed by atoms with Crippen molar-refractivity contribution in [3.8, 4) is 11.1 Å². The second-order valence-electron chi connectivity index (χ2n) is 5.97. The van der Waals surface area contributed by atoms with Gasteiger partial charge in [-0.2, -0.15) is 0 Å². The number of amides is 1. The van der Waals surface area contributed by atoms with Crippen molar-refractivity contribution in [1.29, 1.82) is 0 Å². The monoisotopic (exact) mass is 430 g/mol. The maximum atomic E-state index is 12.5. The zero-order valence-electron chi connectivity index (χ0n) is 15.2. The van der Waals surface area contributed by atoms with E-state index in [1.54, 1.807) is 30.3 Å². The fourth-order valence-electron chi connectivity index (χ4n) is 2.36. The Balaban J connectivity index is 0.00000364. The third kappa shape index (κ3) is 6.40. The summed E-state index contributed by atoms with van der Waals surface area (Å²) < 4.78 is 4.79. The van der Waals surface area contributed by atoms with Crippen LogP contribution in [-0.2, 0) is 4.74 Å². The SMILES string of the molecule is COC(=O)c1cc(C(=O)NCCN(C)C)cc(-c2cc(Cl)ccc2Cl)c1.Cl. The van der Waals surface area contributed by atoms with Crippen LogP contribution in [0.1, 0.15) is 20.7 Å². The summed E-state index contributed by atoms with van der Waals surface area (Å²) in [6.07, 6.45) is 0. The van der Waals surface area contributed by atoms with E-state index in [1.807, 2.05) is 19.0 Å². The number of methoxy groups -OCH3 is 1. The van der Waals surface area contributed by atoms with Crippen molar-refractivity contribution in [2.45, 2.75) is 0 Å². The number of carbonyl (C=O) groups excluding carboxylic acids is 2. The first-order valence-electron chi connectivity index (χ1n) is 7.93. The van der Waals surface area contributed by atoms with Crippen molar-refractivity contribution >= 4 is 47.5 Å². The Labute approximate surface area is 175 Å². The molecule has 0 aliphatic rings. The predicted molar refractivity (Wildman–Crippen MR) is 111 cm³/mol. The molecule has 0 saturated heterocycles. The molecule has 0 bridgehead atoms. The summed E-state index contributed by atoms with van der Waals surface area (Å²) in [6, 6.07) is 9.83. The quantitative estimate of drug-likeness (QED) is 0.698. The van der Waals surface area contributed by atoms with Gasteiger partial charge in [-0.3, -0.25) is 4.79 Å². The average Bonchev–Trinajstić information content (AvgIpc) is 2.62. The molecule has 1 N–H and O–H groups in total.